The molecule has 1 aliphatic rings. The van der Waals surface area contributed by atoms with Crippen molar-refractivity contribution in [2.24, 2.45) is 11.8 Å². The first-order chi connectivity index (χ1) is 8.09. The van der Waals surface area contributed by atoms with Crippen LogP contribution in [0.5, 0.6) is 0 Å². The molecule has 1 aliphatic heterocycles. The van der Waals surface area contributed by atoms with Crippen molar-refractivity contribution in [3.63, 3.8) is 0 Å². The predicted molar refractivity (Wildman–Crippen MR) is 66.1 cm³/mol. The van der Waals surface area contributed by atoms with Gasteiger partial charge in [-0.1, -0.05) is 19.9 Å². The van der Waals surface area contributed by atoms with Crippen molar-refractivity contribution in [3.8, 4) is 0 Å². The highest BCUT2D eigenvalue weighted by molar-refractivity contribution is 5.48. The number of rotatable bonds is 2. The number of hydrogen-bond donors (Lipinski definition) is 0. The van der Waals surface area contributed by atoms with Crippen molar-refractivity contribution in [2.45, 2.75) is 26.7 Å². The number of piperidine rings is 1. The fourth-order valence-electron chi connectivity index (χ4n) is 2.54. The highest BCUT2D eigenvalue weighted by Crippen LogP contribution is 2.29. The van der Waals surface area contributed by atoms with Gasteiger partial charge in [0.15, 0.2) is 11.6 Å². The molecular formula is C14H19F2N. The van der Waals surface area contributed by atoms with Gasteiger partial charge in [-0.3, -0.25) is 0 Å². The summed E-state index contributed by atoms with van der Waals surface area (Å²) < 4.78 is 26.8. The third-order valence-electron chi connectivity index (χ3n) is 3.75. The Morgan fingerprint density at radius 1 is 1.18 bits per heavy atom. The Hall–Kier alpha value is -1.12. The monoisotopic (exact) mass is 239 g/mol. The SMILES string of the molecule is CC(C)C1CCN(c2cccc(F)c2F)CC1. The number of anilines is 1. The minimum atomic E-state index is -0.756. The minimum Gasteiger partial charge on any atom is -0.369 e. The van der Waals surface area contributed by atoms with Crippen LogP contribution in [0.4, 0.5) is 14.5 Å². The molecule has 0 saturated carbocycles. The molecule has 1 fully saturated rings. The van der Waals surface area contributed by atoms with Crippen LogP contribution in [0.1, 0.15) is 26.7 Å². The van der Waals surface area contributed by atoms with Gasteiger partial charge in [0.1, 0.15) is 0 Å². The Morgan fingerprint density at radius 3 is 2.41 bits per heavy atom. The molecule has 1 saturated heterocycles. The van der Waals surface area contributed by atoms with E-state index in [2.05, 4.69) is 13.8 Å². The Labute approximate surface area is 101 Å². The van der Waals surface area contributed by atoms with Gasteiger partial charge in [0, 0.05) is 13.1 Å². The van der Waals surface area contributed by atoms with Gasteiger partial charge >= 0.3 is 0 Å². The second-order valence-corrected chi connectivity index (χ2v) is 5.14. The molecule has 2 rings (SSSR count). The highest BCUT2D eigenvalue weighted by atomic mass is 19.2. The molecule has 0 aromatic heterocycles. The first-order valence-corrected chi connectivity index (χ1v) is 6.28. The zero-order valence-corrected chi connectivity index (χ0v) is 10.4. The molecule has 1 nitrogen and oxygen atoms in total. The van der Waals surface area contributed by atoms with Gasteiger partial charge in [-0.15, -0.1) is 0 Å². The molecule has 94 valence electrons. The van der Waals surface area contributed by atoms with Gasteiger partial charge < -0.3 is 4.90 Å². The van der Waals surface area contributed by atoms with Crippen molar-refractivity contribution in [1.29, 1.82) is 0 Å². The maximum Gasteiger partial charge on any atom is 0.182 e. The van der Waals surface area contributed by atoms with Gasteiger partial charge in [-0.25, -0.2) is 8.78 Å². The Balaban J connectivity index is 2.08. The number of nitrogens with zero attached hydrogens (tertiary/aromatic N) is 1. The van der Waals surface area contributed by atoms with Gasteiger partial charge in [0.2, 0.25) is 0 Å². The Bertz CT molecular complexity index is 382. The molecule has 0 N–H and O–H groups in total. The number of hydrogen-bond acceptors (Lipinski definition) is 1. The first kappa shape index (κ1) is 12.3. The van der Waals surface area contributed by atoms with Crippen molar-refractivity contribution >= 4 is 5.69 Å². The summed E-state index contributed by atoms with van der Waals surface area (Å²) in [7, 11) is 0. The number of halogens is 2. The molecule has 1 aromatic rings. The molecule has 0 bridgehead atoms. The highest BCUT2D eigenvalue weighted by Gasteiger charge is 2.23. The topological polar surface area (TPSA) is 3.24 Å². The molecule has 0 amide bonds. The van der Waals surface area contributed by atoms with Crippen molar-refractivity contribution < 1.29 is 8.78 Å². The van der Waals surface area contributed by atoms with E-state index >= 15 is 0 Å². The Morgan fingerprint density at radius 2 is 1.82 bits per heavy atom. The molecule has 0 unspecified atom stereocenters. The van der Waals surface area contributed by atoms with Gasteiger partial charge in [-0.2, -0.15) is 0 Å². The van der Waals surface area contributed by atoms with Crippen molar-refractivity contribution in [3.05, 3.63) is 29.8 Å². The summed E-state index contributed by atoms with van der Waals surface area (Å²) in [5.41, 5.74) is 0.409. The van der Waals surface area contributed by atoms with Crippen LogP contribution in [0.25, 0.3) is 0 Å². The van der Waals surface area contributed by atoms with E-state index < -0.39 is 11.6 Å². The van der Waals surface area contributed by atoms with E-state index in [9.17, 15) is 8.78 Å². The minimum absolute atomic E-state index is 0.409. The van der Waals surface area contributed by atoms with Crippen LogP contribution in [0.2, 0.25) is 0 Å². The van der Waals surface area contributed by atoms with E-state index in [0.29, 0.717) is 17.5 Å². The van der Waals surface area contributed by atoms with Gasteiger partial charge in [0.05, 0.1) is 5.69 Å². The summed E-state index contributed by atoms with van der Waals surface area (Å²) >= 11 is 0. The molecule has 0 radical (unpaired) electrons. The smallest absolute Gasteiger partial charge is 0.182 e. The van der Waals surface area contributed by atoms with Gasteiger partial charge in [-0.05, 0) is 36.8 Å². The summed E-state index contributed by atoms with van der Waals surface area (Å²) in [5, 5.41) is 0. The predicted octanol–water partition coefficient (Wildman–Crippen LogP) is 3.84. The molecule has 1 heterocycles. The summed E-state index contributed by atoms with van der Waals surface area (Å²) in [4.78, 5) is 1.96. The van der Waals surface area contributed by atoms with Crippen LogP contribution in [0, 0.1) is 23.5 Å². The molecular weight excluding hydrogens is 220 g/mol. The molecule has 0 atom stereocenters. The average Bonchev–Trinajstić information content (AvgIpc) is 2.33. The van der Waals surface area contributed by atoms with E-state index in [1.165, 1.54) is 6.07 Å². The van der Waals surface area contributed by atoms with Gasteiger partial charge in [0.25, 0.3) is 0 Å². The molecule has 1 aromatic carbocycles. The average molecular weight is 239 g/mol. The molecule has 0 spiro atoms. The lowest BCUT2D eigenvalue weighted by Gasteiger charge is -2.35. The first-order valence-electron chi connectivity index (χ1n) is 6.28. The summed E-state index contributed by atoms with van der Waals surface area (Å²) in [6, 6.07) is 4.40. The quantitative estimate of drug-likeness (QED) is 0.758. The van der Waals surface area contributed by atoms with E-state index in [0.717, 1.165) is 25.9 Å². The lowest BCUT2D eigenvalue weighted by atomic mass is 9.86. The van der Waals surface area contributed by atoms with Crippen molar-refractivity contribution in [1.82, 2.24) is 0 Å². The van der Waals surface area contributed by atoms with Crippen LogP contribution < -0.4 is 4.90 Å². The van der Waals surface area contributed by atoms with Crippen LogP contribution in [-0.2, 0) is 0 Å². The fraction of sp³-hybridized carbons (Fsp3) is 0.571. The van der Waals surface area contributed by atoms with E-state index in [4.69, 9.17) is 0 Å². The van der Waals surface area contributed by atoms with E-state index in [1.807, 2.05) is 4.90 Å². The second-order valence-electron chi connectivity index (χ2n) is 5.14. The van der Waals surface area contributed by atoms with Crippen LogP contribution >= 0.6 is 0 Å². The fourth-order valence-corrected chi connectivity index (χ4v) is 2.54. The zero-order valence-electron chi connectivity index (χ0n) is 10.4. The van der Waals surface area contributed by atoms with Crippen LogP contribution in [0.15, 0.2) is 18.2 Å². The standard InChI is InChI=1S/C14H19F2N/c1-10(2)11-6-8-17(9-7-11)13-5-3-4-12(15)14(13)16/h3-5,10-11H,6-9H2,1-2H3. The normalized spacial score (nSPS) is 17.8. The lowest BCUT2D eigenvalue weighted by molar-refractivity contribution is 0.310. The maximum atomic E-state index is 13.6. The summed E-state index contributed by atoms with van der Waals surface area (Å²) in [6.45, 7) is 6.10. The van der Waals surface area contributed by atoms with Crippen LogP contribution in [-0.4, -0.2) is 13.1 Å². The van der Waals surface area contributed by atoms with Crippen molar-refractivity contribution in [2.75, 3.05) is 18.0 Å². The third-order valence-corrected chi connectivity index (χ3v) is 3.75. The summed E-state index contributed by atoms with van der Waals surface area (Å²) in [6.07, 6.45) is 2.13. The van der Waals surface area contributed by atoms with E-state index in [1.54, 1.807) is 12.1 Å². The third kappa shape index (κ3) is 2.59. The largest absolute Gasteiger partial charge is 0.369 e. The Kier molecular flexibility index (Phi) is 3.65. The summed E-state index contributed by atoms with van der Waals surface area (Å²) in [5.74, 6) is -0.0821. The van der Waals surface area contributed by atoms with E-state index in [-0.39, 0.29) is 0 Å². The molecule has 3 heteroatoms. The van der Waals surface area contributed by atoms with Crippen LogP contribution in [0.3, 0.4) is 0 Å². The second kappa shape index (κ2) is 5.03. The maximum absolute atomic E-state index is 13.6. The lowest BCUT2D eigenvalue weighted by Crippen LogP contribution is -2.35. The molecule has 17 heavy (non-hydrogen) atoms. The molecule has 0 aliphatic carbocycles. The zero-order chi connectivity index (χ0) is 12.4. The number of benzene rings is 1.